The van der Waals surface area contributed by atoms with Gasteiger partial charge in [0.2, 0.25) is 0 Å². The lowest BCUT2D eigenvalue weighted by molar-refractivity contribution is 0.249. The van der Waals surface area contributed by atoms with Crippen molar-refractivity contribution in [2.45, 2.75) is 19.9 Å². The number of thiazole rings is 1. The third-order valence-electron chi connectivity index (χ3n) is 1.57. The Balaban J connectivity index is 2.41. The van der Waals surface area contributed by atoms with Crippen molar-refractivity contribution in [2.24, 2.45) is 5.73 Å². The molecule has 2 amide bonds. The molecule has 0 aliphatic heterocycles. The van der Waals surface area contributed by atoms with Crippen LogP contribution >= 0.6 is 11.3 Å². The molecule has 1 atom stereocenters. The number of rotatable bonds is 3. The molecular formula is C8H14N4OS. The summed E-state index contributed by atoms with van der Waals surface area (Å²) in [5, 5.41) is 5.91. The number of urea groups is 1. The molecule has 78 valence electrons. The van der Waals surface area contributed by atoms with Gasteiger partial charge >= 0.3 is 6.03 Å². The number of nitrogens with two attached hydrogens (primary N) is 1. The van der Waals surface area contributed by atoms with Crippen LogP contribution in [0.15, 0.2) is 6.20 Å². The molecule has 0 aliphatic rings. The summed E-state index contributed by atoms with van der Waals surface area (Å²) in [6.45, 7) is 4.19. The fourth-order valence-electron chi connectivity index (χ4n) is 0.828. The lowest BCUT2D eigenvalue weighted by Crippen LogP contribution is -2.40. The average molecular weight is 214 g/mol. The number of hydrogen-bond acceptors (Lipinski definition) is 4. The normalized spacial score (nSPS) is 12.2. The van der Waals surface area contributed by atoms with E-state index >= 15 is 0 Å². The maximum Gasteiger partial charge on any atom is 0.321 e. The Bertz CT molecular complexity index is 312. The van der Waals surface area contributed by atoms with E-state index < -0.39 is 0 Å². The SMILES string of the molecule is Cc1cnc(NC(=O)NC(C)CN)s1. The molecule has 0 radical (unpaired) electrons. The van der Waals surface area contributed by atoms with Crippen molar-refractivity contribution in [1.29, 1.82) is 0 Å². The number of nitrogens with zero attached hydrogens (tertiary/aromatic N) is 1. The van der Waals surface area contributed by atoms with Crippen LogP contribution in [-0.4, -0.2) is 23.6 Å². The number of aromatic nitrogens is 1. The lowest BCUT2D eigenvalue weighted by Gasteiger charge is -2.10. The van der Waals surface area contributed by atoms with Crippen molar-refractivity contribution >= 4 is 22.5 Å². The van der Waals surface area contributed by atoms with Crippen LogP contribution in [0.2, 0.25) is 0 Å². The zero-order valence-electron chi connectivity index (χ0n) is 8.20. The molecule has 0 bridgehead atoms. The molecule has 4 N–H and O–H groups in total. The van der Waals surface area contributed by atoms with Gasteiger partial charge in [0.15, 0.2) is 5.13 Å². The van der Waals surface area contributed by atoms with Gasteiger partial charge in [0.05, 0.1) is 0 Å². The fraction of sp³-hybridized carbons (Fsp3) is 0.500. The van der Waals surface area contributed by atoms with E-state index in [0.29, 0.717) is 11.7 Å². The van der Waals surface area contributed by atoms with Gasteiger partial charge in [-0.05, 0) is 13.8 Å². The second kappa shape index (κ2) is 4.92. The van der Waals surface area contributed by atoms with Gasteiger partial charge in [0.1, 0.15) is 0 Å². The number of carbonyl (C=O) groups excluding carboxylic acids is 1. The van der Waals surface area contributed by atoms with Crippen molar-refractivity contribution in [1.82, 2.24) is 10.3 Å². The third-order valence-corrected chi connectivity index (χ3v) is 2.40. The Morgan fingerprint density at radius 1 is 1.79 bits per heavy atom. The molecule has 0 aliphatic carbocycles. The van der Waals surface area contributed by atoms with E-state index in [0.717, 1.165) is 4.88 Å². The van der Waals surface area contributed by atoms with Gasteiger partial charge in [-0.2, -0.15) is 0 Å². The lowest BCUT2D eigenvalue weighted by atomic mass is 10.3. The Labute approximate surface area is 86.7 Å². The Kier molecular flexibility index (Phi) is 3.84. The molecule has 0 spiro atoms. The minimum Gasteiger partial charge on any atom is -0.334 e. The van der Waals surface area contributed by atoms with E-state index in [1.165, 1.54) is 11.3 Å². The van der Waals surface area contributed by atoms with Gasteiger partial charge in [-0.15, -0.1) is 11.3 Å². The summed E-state index contributed by atoms with van der Waals surface area (Å²) in [4.78, 5) is 16.3. The minimum absolute atomic E-state index is 0.0314. The highest BCUT2D eigenvalue weighted by atomic mass is 32.1. The van der Waals surface area contributed by atoms with Crippen molar-refractivity contribution in [3.8, 4) is 0 Å². The van der Waals surface area contributed by atoms with Gasteiger partial charge in [0.25, 0.3) is 0 Å². The maximum atomic E-state index is 11.3. The largest absolute Gasteiger partial charge is 0.334 e. The molecule has 1 heterocycles. The summed E-state index contributed by atoms with van der Waals surface area (Å²) in [6.07, 6.45) is 1.71. The Morgan fingerprint density at radius 3 is 3.00 bits per heavy atom. The molecule has 0 saturated heterocycles. The van der Waals surface area contributed by atoms with Crippen molar-refractivity contribution < 1.29 is 4.79 Å². The molecule has 14 heavy (non-hydrogen) atoms. The van der Waals surface area contributed by atoms with Crippen molar-refractivity contribution in [3.63, 3.8) is 0 Å². The van der Waals surface area contributed by atoms with Crippen LogP contribution < -0.4 is 16.4 Å². The smallest absolute Gasteiger partial charge is 0.321 e. The number of hydrogen-bond donors (Lipinski definition) is 3. The van der Waals surface area contributed by atoms with Gasteiger partial charge in [-0.3, -0.25) is 5.32 Å². The van der Waals surface area contributed by atoms with E-state index in [1.54, 1.807) is 6.20 Å². The van der Waals surface area contributed by atoms with Gasteiger partial charge in [-0.25, -0.2) is 9.78 Å². The van der Waals surface area contributed by atoms with Crippen LogP contribution in [0.3, 0.4) is 0 Å². The monoisotopic (exact) mass is 214 g/mol. The molecule has 0 aromatic carbocycles. The number of carbonyl (C=O) groups is 1. The predicted molar refractivity (Wildman–Crippen MR) is 57.5 cm³/mol. The number of nitrogens with one attached hydrogen (secondary N) is 2. The summed E-state index contributed by atoms with van der Waals surface area (Å²) >= 11 is 1.44. The molecule has 1 aromatic rings. The fourth-order valence-corrected chi connectivity index (χ4v) is 1.49. The van der Waals surface area contributed by atoms with Gasteiger partial charge < -0.3 is 11.1 Å². The first-order chi connectivity index (χ1) is 6.61. The van der Waals surface area contributed by atoms with Crippen LogP contribution in [0.5, 0.6) is 0 Å². The zero-order valence-corrected chi connectivity index (χ0v) is 9.02. The zero-order chi connectivity index (χ0) is 10.6. The summed E-state index contributed by atoms with van der Waals surface area (Å²) in [6, 6.07) is -0.298. The van der Waals surface area contributed by atoms with Crippen LogP contribution in [0.1, 0.15) is 11.8 Å². The Morgan fingerprint density at radius 2 is 2.50 bits per heavy atom. The standard InChI is InChI=1S/C8H14N4OS/c1-5(3-9)11-7(13)12-8-10-4-6(2)14-8/h4-5H,3,9H2,1-2H3,(H2,10,11,12,13). The van der Waals surface area contributed by atoms with Crippen LogP contribution in [0.25, 0.3) is 0 Å². The minimum atomic E-state index is -0.266. The van der Waals surface area contributed by atoms with Gasteiger partial charge in [0, 0.05) is 23.7 Å². The molecule has 0 fully saturated rings. The molecule has 1 aromatic heterocycles. The van der Waals surface area contributed by atoms with E-state index in [9.17, 15) is 4.79 Å². The van der Waals surface area contributed by atoms with E-state index in [4.69, 9.17) is 5.73 Å². The van der Waals surface area contributed by atoms with E-state index in [-0.39, 0.29) is 12.1 Å². The maximum absolute atomic E-state index is 11.3. The summed E-state index contributed by atoms with van der Waals surface area (Å²) in [7, 11) is 0. The number of aryl methyl sites for hydroxylation is 1. The highest BCUT2D eigenvalue weighted by molar-refractivity contribution is 7.15. The Hall–Kier alpha value is -1.14. The first kappa shape index (κ1) is 10.9. The molecule has 5 nitrogen and oxygen atoms in total. The molecular weight excluding hydrogens is 200 g/mol. The quantitative estimate of drug-likeness (QED) is 0.700. The second-order valence-corrected chi connectivity index (χ2v) is 4.25. The molecule has 1 rings (SSSR count). The first-order valence-electron chi connectivity index (χ1n) is 4.32. The van der Waals surface area contributed by atoms with E-state index in [1.807, 2.05) is 13.8 Å². The highest BCUT2D eigenvalue weighted by Gasteiger charge is 2.07. The topological polar surface area (TPSA) is 80.0 Å². The molecule has 0 saturated carbocycles. The molecule has 1 unspecified atom stereocenters. The molecule has 6 heteroatoms. The summed E-state index contributed by atoms with van der Waals surface area (Å²) < 4.78 is 0. The average Bonchev–Trinajstić information content (AvgIpc) is 2.50. The third kappa shape index (κ3) is 3.31. The van der Waals surface area contributed by atoms with Crippen molar-refractivity contribution in [3.05, 3.63) is 11.1 Å². The second-order valence-electron chi connectivity index (χ2n) is 3.01. The van der Waals surface area contributed by atoms with Crippen LogP contribution in [0.4, 0.5) is 9.93 Å². The summed E-state index contributed by atoms with van der Waals surface area (Å²) in [5.74, 6) is 0. The van der Waals surface area contributed by atoms with Crippen molar-refractivity contribution in [2.75, 3.05) is 11.9 Å². The van der Waals surface area contributed by atoms with E-state index in [2.05, 4.69) is 15.6 Å². The number of anilines is 1. The first-order valence-corrected chi connectivity index (χ1v) is 5.13. The highest BCUT2D eigenvalue weighted by Crippen LogP contribution is 2.15. The van der Waals surface area contributed by atoms with Gasteiger partial charge in [-0.1, -0.05) is 0 Å². The van der Waals surface area contributed by atoms with Crippen LogP contribution in [0, 0.1) is 6.92 Å². The predicted octanol–water partition coefficient (Wildman–Crippen LogP) is 0.920. The van der Waals surface area contributed by atoms with Crippen LogP contribution in [-0.2, 0) is 0 Å². The number of amides is 2. The summed E-state index contributed by atoms with van der Waals surface area (Å²) in [5.41, 5.74) is 5.36.